The van der Waals surface area contributed by atoms with Crippen LogP contribution in [0.2, 0.25) is 0 Å². The van der Waals surface area contributed by atoms with Gasteiger partial charge < -0.3 is 9.73 Å². The van der Waals surface area contributed by atoms with Gasteiger partial charge in [0.2, 0.25) is 0 Å². The van der Waals surface area contributed by atoms with Crippen molar-refractivity contribution < 1.29 is 8.81 Å². The topological polar surface area (TPSA) is 25.2 Å². The molecule has 3 aromatic carbocycles. The Hall–Kier alpha value is -3.07. The number of nitrogens with one attached hydrogen (secondary N) is 1. The van der Waals surface area contributed by atoms with Crippen molar-refractivity contribution in [2.24, 2.45) is 0 Å². The van der Waals surface area contributed by atoms with Crippen molar-refractivity contribution in [1.82, 2.24) is 0 Å². The second-order valence-electron chi connectivity index (χ2n) is 7.33. The molecule has 0 fully saturated rings. The summed E-state index contributed by atoms with van der Waals surface area (Å²) in [5.41, 5.74) is 8.94. The molecule has 0 spiro atoms. The Morgan fingerprint density at radius 3 is 2.18 bits per heavy atom. The predicted octanol–water partition coefficient (Wildman–Crippen LogP) is 7.08. The first-order valence-corrected chi connectivity index (χ1v) is 9.54. The van der Waals surface area contributed by atoms with Crippen LogP contribution in [0.1, 0.15) is 28.0 Å². The molecule has 0 aliphatic carbocycles. The first-order valence-electron chi connectivity index (χ1n) is 9.54. The lowest BCUT2D eigenvalue weighted by Gasteiger charge is -2.17. The number of halogens is 1. The lowest BCUT2D eigenvalue weighted by atomic mass is 9.93. The second kappa shape index (κ2) is 7.16. The summed E-state index contributed by atoms with van der Waals surface area (Å²) in [6.07, 6.45) is 0. The molecular weight excluding hydrogens is 349 g/mol. The molecule has 0 bridgehead atoms. The van der Waals surface area contributed by atoms with E-state index in [0.717, 1.165) is 44.7 Å². The van der Waals surface area contributed by atoms with Gasteiger partial charge in [-0.05, 0) is 67.6 Å². The number of hydrogen-bond acceptors (Lipinski definition) is 2. The SMILES string of the molecule is Cc1oc2c(C)c(C)c(NCc3ccc(F)cc3)c(C)c2c1-c1ccccc1. The number of hydrogen-bond donors (Lipinski definition) is 1. The zero-order valence-electron chi connectivity index (χ0n) is 16.7. The molecule has 4 rings (SSSR count). The van der Waals surface area contributed by atoms with Crippen molar-refractivity contribution in [3.63, 3.8) is 0 Å². The monoisotopic (exact) mass is 373 g/mol. The van der Waals surface area contributed by atoms with Gasteiger partial charge in [0.05, 0.1) is 0 Å². The molecule has 0 saturated heterocycles. The Morgan fingerprint density at radius 1 is 0.821 bits per heavy atom. The summed E-state index contributed by atoms with van der Waals surface area (Å²) < 4.78 is 19.4. The average Bonchev–Trinajstić information content (AvgIpc) is 3.06. The van der Waals surface area contributed by atoms with E-state index in [0.29, 0.717) is 6.54 Å². The lowest BCUT2D eigenvalue weighted by Crippen LogP contribution is -2.04. The maximum absolute atomic E-state index is 13.2. The maximum atomic E-state index is 13.2. The molecule has 4 aromatic rings. The Morgan fingerprint density at radius 2 is 1.50 bits per heavy atom. The number of furan rings is 1. The molecule has 0 radical (unpaired) electrons. The third kappa shape index (κ3) is 3.07. The van der Waals surface area contributed by atoms with Gasteiger partial charge >= 0.3 is 0 Å². The van der Waals surface area contributed by atoms with E-state index in [1.807, 2.05) is 25.1 Å². The predicted molar refractivity (Wildman–Crippen MR) is 114 cm³/mol. The minimum atomic E-state index is -0.213. The number of benzene rings is 3. The van der Waals surface area contributed by atoms with E-state index in [4.69, 9.17) is 4.42 Å². The van der Waals surface area contributed by atoms with Crippen molar-refractivity contribution in [1.29, 1.82) is 0 Å². The second-order valence-corrected chi connectivity index (χ2v) is 7.33. The highest BCUT2D eigenvalue weighted by molar-refractivity contribution is 6.02. The van der Waals surface area contributed by atoms with Gasteiger partial charge in [-0.2, -0.15) is 0 Å². The third-order valence-corrected chi connectivity index (χ3v) is 5.56. The van der Waals surface area contributed by atoms with Crippen LogP contribution in [0.25, 0.3) is 22.1 Å². The number of aryl methyl sites for hydroxylation is 3. The van der Waals surface area contributed by atoms with Crippen molar-refractivity contribution in [2.75, 3.05) is 5.32 Å². The molecule has 3 heteroatoms. The van der Waals surface area contributed by atoms with E-state index in [9.17, 15) is 4.39 Å². The van der Waals surface area contributed by atoms with Crippen LogP contribution in [0.5, 0.6) is 0 Å². The van der Waals surface area contributed by atoms with Crippen LogP contribution in [0, 0.1) is 33.5 Å². The van der Waals surface area contributed by atoms with Crippen LogP contribution < -0.4 is 5.32 Å². The molecule has 0 saturated carbocycles. The van der Waals surface area contributed by atoms with Gasteiger partial charge in [0.25, 0.3) is 0 Å². The summed E-state index contributed by atoms with van der Waals surface area (Å²) in [7, 11) is 0. The first-order chi connectivity index (χ1) is 13.5. The van der Waals surface area contributed by atoms with Crippen LogP contribution >= 0.6 is 0 Å². The zero-order valence-corrected chi connectivity index (χ0v) is 16.7. The molecule has 0 unspecified atom stereocenters. The largest absolute Gasteiger partial charge is 0.460 e. The minimum absolute atomic E-state index is 0.213. The van der Waals surface area contributed by atoms with Crippen LogP contribution in [0.4, 0.5) is 10.1 Å². The van der Waals surface area contributed by atoms with Crippen molar-refractivity contribution >= 4 is 16.7 Å². The smallest absolute Gasteiger partial charge is 0.138 e. The van der Waals surface area contributed by atoms with Gasteiger partial charge in [0, 0.05) is 23.2 Å². The molecule has 1 N–H and O–H groups in total. The van der Waals surface area contributed by atoms with Gasteiger partial charge in [-0.15, -0.1) is 0 Å². The molecule has 1 aromatic heterocycles. The highest BCUT2D eigenvalue weighted by atomic mass is 19.1. The van der Waals surface area contributed by atoms with Gasteiger partial charge in [0.1, 0.15) is 17.2 Å². The fraction of sp³-hybridized carbons (Fsp3) is 0.200. The van der Waals surface area contributed by atoms with Crippen LogP contribution in [0.3, 0.4) is 0 Å². The summed E-state index contributed by atoms with van der Waals surface area (Å²) >= 11 is 0. The first kappa shape index (κ1) is 18.3. The zero-order chi connectivity index (χ0) is 19.8. The third-order valence-electron chi connectivity index (χ3n) is 5.56. The van der Waals surface area contributed by atoms with E-state index in [-0.39, 0.29) is 5.82 Å². The van der Waals surface area contributed by atoms with E-state index in [2.05, 4.69) is 50.4 Å². The number of anilines is 1. The van der Waals surface area contributed by atoms with Gasteiger partial charge in [-0.1, -0.05) is 42.5 Å². The minimum Gasteiger partial charge on any atom is -0.460 e. The van der Waals surface area contributed by atoms with Crippen LogP contribution in [-0.4, -0.2) is 0 Å². The highest BCUT2D eigenvalue weighted by Gasteiger charge is 2.21. The van der Waals surface area contributed by atoms with E-state index < -0.39 is 0 Å². The Bertz CT molecular complexity index is 1140. The van der Waals surface area contributed by atoms with Gasteiger partial charge in [0.15, 0.2) is 0 Å². The molecule has 0 atom stereocenters. The standard InChI is InChI=1S/C25H24FNO/c1-15-16(2)25-22(23(18(4)28-25)20-8-6-5-7-9-20)17(3)24(15)27-14-19-10-12-21(26)13-11-19/h5-13,27H,14H2,1-4H3. The maximum Gasteiger partial charge on any atom is 0.138 e. The quantitative estimate of drug-likeness (QED) is 0.413. The number of fused-ring (bicyclic) bond motifs is 1. The average molecular weight is 373 g/mol. The summed E-state index contributed by atoms with van der Waals surface area (Å²) in [5, 5.41) is 4.73. The molecule has 0 aliphatic rings. The Balaban J connectivity index is 1.84. The summed E-state index contributed by atoms with van der Waals surface area (Å²) in [6.45, 7) is 9.04. The molecule has 28 heavy (non-hydrogen) atoms. The fourth-order valence-corrected chi connectivity index (χ4v) is 3.94. The summed E-state index contributed by atoms with van der Waals surface area (Å²) in [5.74, 6) is 0.720. The van der Waals surface area contributed by atoms with E-state index >= 15 is 0 Å². The van der Waals surface area contributed by atoms with Crippen molar-refractivity contribution in [2.45, 2.75) is 34.2 Å². The fourth-order valence-electron chi connectivity index (χ4n) is 3.94. The molecule has 2 nitrogen and oxygen atoms in total. The highest BCUT2D eigenvalue weighted by Crippen LogP contribution is 2.42. The van der Waals surface area contributed by atoms with Crippen molar-refractivity contribution in [3.05, 3.63) is 88.4 Å². The molecular formula is C25H24FNO. The summed E-state index contributed by atoms with van der Waals surface area (Å²) in [6, 6.07) is 17.0. The van der Waals surface area contributed by atoms with Gasteiger partial charge in [-0.25, -0.2) is 4.39 Å². The molecule has 0 amide bonds. The lowest BCUT2D eigenvalue weighted by molar-refractivity contribution is 0.577. The molecule has 142 valence electrons. The Kier molecular flexibility index (Phi) is 4.68. The van der Waals surface area contributed by atoms with E-state index in [1.165, 1.54) is 23.3 Å². The summed E-state index contributed by atoms with van der Waals surface area (Å²) in [4.78, 5) is 0. The van der Waals surface area contributed by atoms with Gasteiger partial charge in [-0.3, -0.25) is 0 Å². The van der Waals surface area contributed by atoms with Crippen LogP contribution in [-0.2, 0) is 6.54 Å². The normalized spacial score (nSPS) is 11.2. The molecule has 0 aliphatic heterocycles. The molecule has 1 heterocycles. The van der Waals surface area contributed by atoms with E-state index in [1.54, 1.807) is 0 Å². The number of rotatable bonds is 4. The van der Waals surface area contributed by atoms with Crippen molar-refractivity contribution in [3.8, 4) is 11.1 Å². The Labute approximate surface area is 165 Å². The van der Waals surface area contributed by atoms with Crippen LogP contribution in [0.15, 0.2) is 59.0 Å².